The molecule has 2 aromatic rings. The zero-order valence-electron chi connectivity index (χ0n) is 33.6. The Kier molecular flexibility index (Phi) is 18.1. The topological polar surface area (TPSA) is 156 Å². The lowest BCUT2D eigenvalue weighted by atomic mass is 10.0. The number of carbonyl (C=O) groups excluding carboxylic acids is 1. The maximum atomic E-state index is 14.4. The minimum atomic E-state index is -4.34. The van der Waals surface area contributed by atoms with Crippen molar-refractivity contribution in [2.75, 3.05) is 39.9 Å². The molecule has 0 saturated heterocycles. The van der Waals surface area contributed by atoms with E-state index in [0.717, 1.165) is 23.7 Å². The Bertz CT molecular complexity index is 1540. The molecular formula is C37H63N3O10SSi2. The standard InChI is InChI=1S/C37H63N3O10SSi2/c1-29(2)25-39(51(44,45)31-17-18-34(33(24-31)40(42)43)48-27-46-19-21-52(6,7)8)26-35(49-28-47-20-22-53(9,10)11)32(23-30-15-13-12-14-16-30)38-36(41)50-37(3,4)5/h12-18,24,29,32,35H,19-23,25-28H2,1-11H3,(H,38,41)/t32-,35+/m0/s1. The van der Waals surface area contributed by atoms with Crippen LogP contribution in [0.5, 0.6) is 5.75 Å². The number of nitro groups is 1. The van der Waals surface area contributed by atoms with Crippen LogP contribution in [-0.2, 0) is 35.4 Å². The van der Waals surface area contributed by atoms with Crippen LogP contribution in [0.3, 0.4) is 0 Å². The van der Waals surface area contributed by atoms with Crippen LogP contribution in [0, 0.1) is 16.0 Å². The van der Waals surface area contributed by atoms with Crippen LogP contribution in [0.1, 0.15) is 40.2 Å². The number of alkyl carbamates (subject to hydrolysis) is 1. The van der Waals surface area contributed by atoms with E-state index in [9.17, 15) is 23.3 Å². The second kappa shape index (κ2) is 20.7. The van der Waals surface area contributed by atoms with E-state index in [2.05, 4.69) is 44.6 Å². The second-order valence-corrected chi connectivity index (χ2v) is 30.2. The van der Waals surface area contributed by atoms with E-state index >= 15 is 0 Å². The Morgan fingerprint density at radius 2 is 1.49 bits per heavy atom. The number of nitro benzene ring substituents is 1. The monoisotopic (exact) mass is 797 g/mol. The summed E-state index contributed by atoms with van der Waals surface area (Å²) in [6.07, 6.45) is -1.29. The van der Waals surface area contributed by atoms with E-state index in [1.807, 2.05) is 44.2 Å². The number of ether oxygens (including phenoxy) is 5. The van der Waals surface area contributed by atoms with E-state index in [4.69, 9.17) is 23.7 Å². The number of nitrogens with one attached hydrogen (secondary N) is 1. The van der Waals surface area contributed by atoms with Crippen molar-refractivity contribution in [1.82, 2.24) is 9.62 Å². The lowest BCUT2D eigenvalue weighted by Crippen LogP contribution is -2.53. The molecule has 0 spiro atoms. The van der Waals surface area contributed by atoms with Gasteiger partial charge in [-0.2, -0.15) is 4.31 Å². The summed E-state index contributed by atoms with van der Waals surface area (Å²) in [5, 5.41) is 15.1. The molecule has 0 radical (unpaired) electrons. The highest BCUT2D eigenvalue weighted by Crippen LogP contribution is 2.32. The van der Waals surface area contributed by atoms with E-state index in [0.29, 0.717) is 19.6 Å². The van der Waals surface area contributed by atoms with Crippen molar-refractivity contribution < 1.29 is 41.8 Å². The Morgan fingerprint density at radius 3 is 2.02 bits per heavy atom. The van der Waals surface area contributed by atoms with Crippen molar-refractivity contribution >= 4 is 38.0 Å². The molecule has 0 fully saturated rings. The fourth-order valence-corrected chi connectivity index (χ4v) is 8.11. The van der Waals surface area contributed by atoms with E-state index in [1.165, 1.54) is 16.4 Å². The number of nitrogens with zero attached hydrogens (tertiary/aromatic N) is 2. The minimum Gasteiger partial charge on any atom is -0.460 e. The number of hydrogen-bond acceptors (Lipinski definition) is 10. The SMILES string of the molecule is CC(C)CN(C[C@@H](OCOCC[Si](C)(C)C)[C@H](Cc1ccccc1)NC(=O)OC(C)(C)C)S(=O)(=O)c1ccc(OCOCC[Si](C)(C)C)c([N+](=O)[O-])c1. The summed E-state index contributed by atoms with van der Waals surface area (Å²) in [5.41, 5.74) is -0.396. The molecule has 0 unspecified atom stereocenters. The summed E-state index contributed by atoms with van der Waals surface area (Å²) in [4.78, 5) is 24.4. The van der Waals surface area contributed by atoms with Crippen molar-refractivity contribution in [2.24, 2.45) is 5.92 Å². The summed E-state index contributed by atoms with van der Waals surface area (Å²) in [6, 6.07) is 14.1. The molecule has 1 amide bonds. The van der Waals surface area contributed by atoms with E-state index < -0.39 is 60.6 Å². The Hall–Kier alpha value is -2.87. The van der Waals surface area contributed by atoms with Gasteiger partial charge in [0, 0.05) is 48.5 Å². The van der Waals surface area contributed by atoms with Gasteiger partial charge in [-0.1, -0.05) is 83.5 Å². The predicted octanol–water partition coefficient (Wildman–Crippen LogP) is 7.77. The van der Waals surface area contributed by atoms with Gasteiger partial charge in [-0.3, -0.25) is 10.1 Å². The molecule has 13 nitrogen and oxygen atoms in total. The molecule has 0 aliphatic rings. The van der Waals surface area contributed by atoms with Crippen LogP contribution in [0.4, 0.5) is 10.5 Å². The van der Waals surface area contributed by atoms with Gasteiger partial charge in [-0.25, -0.2) is 13.2 Å². The zero-order chi connectivity index (χ0) is 40.0. The van der Waals surface area contributed by atoms with Crippen molar-refractivity contribution in [1.29, 1.82) is 0 Å². The highest BCUT2D eigenvalue weighted by atomic mass is 32.2. The third-order valence-corrected chi connectivity index (χ3v) is 13.1. The molecular weight excluding hydrogens is 735 g/mol. The van der Waals surface area contributed by atoms with Gasteiger partial charge < -0.3 is 29.0 Å². The first-order valence-electron chi connectivity index (χ1n) is 18.2. The highest BCUT2D eigenvalue weighted by molar-refractivity contribution is 7.89. The van der Waals surface area contributed by atoms with Gasteiger partial charge in [0.15, 0.2) is 12.5 Å². The first kappa shape index (κ1) is 46.3. The number of benzene rings is 2. The molecule has 0 bridgehead atoms. The summed E-state index contributed by atoms with van der Waals surface area (Å²) in [6.45, 7) is 22.8. The van der Waals surface area contributed by atoms with Gasteiger partial charge >= 0.3 is 11.8 Å². The largest absolute Gasteiger partial charge is 0.460 e. The van der Waals surface area contributed by atoms with Gasteiger partial charge in [-0.05, 0) is 62.9 Å². The fourth-order valence-electron chi connectivity index (χ4n) is 4.96. The van der Waals surface area contributed by atoms with Crippen LogP contribution in [0.2, 0.25) is 51.4 Å². The predicted molar refractivity (Wildman–Crippen MR) is 213 cm³/mol. The molecule has 2 rings (SSSR count). The average molecular weight is 798 g/mol. The number of carbonyl (C=O) groups is 1. The lowest BCUT2D eigenvalue weighted by Gasteiger charge is -2.34. The Labute approximate surface area is 319 Å². The van der Waals surface area contributed by atoms with Crippen molar-refractivity contribution in [2.45, 2.75) is 115 Å². The van der Waals surface area contributed by atoms with Gasteiger partial charge in [0.05, 0.1) is 22.0 Å². The van der Waals surface area contributed by atoms with E-state index in [-0.39, 0.29) is 43.2 Å². The Morgan fingerprint density at radius 1 is 0.906 bits per heavy atom. The van der Waals surface area contributed by atoms with Crippen LogP contribution in [0.15, 0.2) is 53.4 Å². The molecule has 2 aromatic carbocycles. The summed E-state index contributed by atoms with van der Waals surface area (Å²) < 4.78 is 59.0. The Balaban J connectivity index is 2.50. The van der Waals surface area contributed by atoms with E-state index in [1.54, 1.807) is 20.8 Å². The maximum absolute atomic E-state index is 14.4. The summed E-state index contributed by atoms with van der Waals surface area (Å²) in [5.74, 6) is -0.228. The number of rotatable bonds is 23. The molecule has 0 aliphatic carbocycles. The fraction of sp³-hybridized carbons (Fsp3) is 0.649. The molecule has 300 valence electrons. The number of amides is 1. The van der Waals surface area contributed by atoms with Gasteiger partial charge in [0.1, 0.15) is 12.4 Å². The molecule has 0 heterocycles. The van der Waals surface area contributed by atoms with Crippen molar-refractivity contribution in [3.8, 4) is 5.75 Å². The quantitative estimate of drug-likeness (QED) is 0.0388. The van der Waals surface area contributed by atoms with Crippen LogP contribution in [-0.4, -0.2) is 97.5 Å². The van der Waals surface area contributed by atoms with Crippen molar-refractivity contribution in [3.63, 3.8) is 0 Å². The summed E-state index contributed by atoms with van der Waals surface area (Å²) in [7, 11) is -7.08. The van der Waals surface area contributed by atoms with Gasteiger partial charge in [0.25, 0.3) is 0 Å². The van der Waals surface area contributed by atoms with Crippen LogP contribution < -0.4 is 10.1 Å². The first-order valence-corrected chi connectivity index (χ1v) is 27.0. The number of hydrogen-bond donors (Lipinski definition) is 1. The zero-order valence-corrected chi connectivity index (χ0v) is 36.4. The van der Waals surface area contributed by atoms with Crippen LogP contribution >= 0.6 is 0 Å². The average Bonchev–Trinajstić information content (AvgIpc) is 3.01. The van der Waals surface area contributed by atoms with Crippen LogP contribution in [0.25, 0.3) is 0 Å². The molecule has 16 heteroatoms. The molecule has 53 heavy (non-hydrogen) atoms. The normalized spacial score (nSPS) is 13.9. The molecule has 0 aromatic heterocycles. The lowest BCUT2D eigenvalue weighted by molar-refractivity contribution is -0.386. The second-order valence-electron chi connectivity index (χ2n) is 17.1. The third-order valence-electron chi connectivity index (χ3n) is 7.82. The highest BCUT2D eigenvalue weighted by Gasteiger charge is 2.35. The molecule has 0 aliphatic heterocycles. The first-order chi connectivity index (χ1) is 24.5. The maximum Gasteiger partial charge on any atom is 0.407 e. The number of sulfonamides is 1. The third kappa shape index (κ3) is 18.3. The van der Waals surface area contributed by atoms with Gasteiger partial charge in [-0.15, -0.1) is 0 Å². The van der Waals surface area contributed by atoms with Gasteiger partial charge in [0.2, 0.25) is 10.0 Å². The smallest absolute Gasteiger partial charge is 0.407 e. The molecule has 1 N–H and O–H groups in total. The minimum absolute atomic E-state index is 0.0696. The summed E-state index contributed by atoms with van der Waals surface area (Å²) >= 11 is 0. The molecule has 0 saturated carbocycles. The van der Waals surface area contributed by atoms with Crippen molar-refractivity contribution in [3.05, 3.63) is 64.2 Å². The molecule has 2 atom stereocenters.